The number of benzene rings is 2. The normalized spacial score (nSPS) is 19.3. The van der Waals surface area contributed by atoms with Crippen molar-refractivity contribution in [3.63, 3.8) is 0 Å². The summed E-state index contributed by atoms with van der Waals surface area (Å²) in [6, 6.07) is 13.2. The number of aromatic amines is 1. The number of carbonyl (C=O) groups excluding carboxylic acids is 1. The zero-order chi connectivity index (χ0) is 25.8. The molecule has 1 N–H and O–H groups in total. The molecule has 2 aromatic carbocycles. The fourth-order valence-corrected chi connectivity index (χ4v) is 5.95. The van der Waals surface area contributed by atoms with Gasteiger partial charge in [-0.3, -0.25) is 14.9 Å². The molecule has 0 bridgehead atoms. The summed E-state index contributed by atoms with van der Waals surface area (Å²) in [6.07, 6.45) is 6.26. The zero-order valence-corrected chi connectivity index (χ0v) is 20.3. The van der Waals surface area contributed by atoms with E-state index in [9.17, 15) is 9.18 Å². The third-order valence-electron chi connectivity index (χ3n) is 7.69. The number of pyridine rings is 1. The summed E-state index contributed by atoms with van der Waals surface area (Å²) in [6.45, 7) is 0.397. The summed E-state index contributed by atoms with van der Waals surface area (Å²) >= 11 is 0. The molecule has 1 amide bonds. The molecule has 0 unspecified atom stereocenters. The third kappa shape index (κ3) is 3.59. The number of imidazole rings is 1. The Morgan fingerprint density at radius 2 is 1.82 bits per heavy atom. The highest BCUT2D eigenvalue weighted by atomic mass is 19.1. The largest absolute Gasteiger partial charge is 0.331 e. The Morgan fingerprint density at radius 1 is 0.974 bits per heavy atom. The van der Waals surface area contributed by atoms with Gasteiger partial charge in [-0.2, -0.15) is 5.10 Å². The summed E-state index contributed by atoms with van der Waals surface area (Å²) in [5.74, 6) is -0.0542. The minimum absolute atomic E-state index is 0.0558. The van der Waals surface area contributed by atoms with Gasteiger partial charge in [0.2, 0.25) is 0 Å². The number of amides is 1. The van der Waals surface area contributed by atoms with Gasteiger partial charge < -0.3 is 9.47 Å². The molecule has 8 nitrogen and oxygen atoms in total. The van der Waals surface area contributed by atoms with E-state index in [2.05, 4.69) is 24.7 Å². The molecule has 0 spiro atoms. The fraction of sp³-hybridized carbons (Fsp3) is 0.250. The summed E-state index contributed by atoms with van der Waals surface area (Å²) in [7, 11) is 0. The molecule has 1 saturated carbocycles. The van der Waals surface area contributed by atoms with Crippen molar-refractivity contribution in [2.24, 2.45) is 0 Å². The molecule has 2 aliphatic rings. The van der Waals surface area contributed by atoms with Crippen LogP contribution in [0.15, 0.2) is 61.1 Å². The molecule has 1 aliphatic heterocycles. The highest BCUT2D eigenvalue weighted by Gasteiger charge is 2.38. The number of H-pyrrole nitrogens is 1. The topological polar surface area (TPSA) is 92.6 Å². The van der Waals surface area contributed by atoms with Crippen molar-refractivity contribution in [3.8, 4) is 22.9 Å². The van der Waals surface area contributed by atoms with Crippen molar-refractivity contribution >= 4 is 16.9 Å². The lowest BCUT2D eigenvalue weighted by molar-refractivity contribution is 0.0627. The average molecular weight is 512 g/mol. The second kappa shape index (κ2) is 8.83. The Labute approximate surface area is 216 Å². The van der Waals surface area contributed by atoms with Crippen LogP contribution in [-0.4, -0.2) is 46.6 Å². The van der Waals surface area contributed by atoms with Crippen LogP contribution in [0.5, 0.6) is 0 Å². The van der Waals surface area contributed by atoms with Gasteiger partial charge in [-0.1, -0.05) is 24.3 Å². The molecule has 190 valence electrons. The fourth-order valence-electron chi connectivity index (χ4n) is 5.95. The first-order valence-corrected chi connectivity index (χ1v) is 12.7. The molecule has 0 radical (unpaired) electrons. The predicted octanol–water partition coefficient (Wildman–Crippen LogP) is 5.30. The summed E-state index contributed by atoms with van der Waals surface area (Å²) in [4.78, 5) is 28.5. The van der Waals surface area contributed by atoms with Gasteiger partial charge in [0.25, 0.3) is 5.91 Å². The van der Waals surface area contributed by atoms with Gasteiger partial charge in [-0.05, 0) is 55.5 Å². The summed E-state index contributed by atoms with van der Waals surface area (Å²) in [5, 5.41) is 6.77. The number of hydrogen-bond acceptors (Lipinski definition) is 5. The van der Waals surface area contributed by atoms with E-state index in [0.29, 0.717) is 41.4 Å². The van der Waals surface area contributed by atoms with Crippen LogP contribution in [0.25, 0.3) is 33.9 Å². The molecule has 1 aliphatic carbocycles. The Balaban J connectivity index is 1.31. The number of fused-ring (bicyclic) bond motifs is 2. The van der Waals surface area contributed by atoms with E-state index in [1.807, 2.05) is 12.1 Å². The average Bonchev–Trinajstić information content (AvgIpc) is 3.67. The highest BCUT2D eigenvalue weighted by Crippen LogP contribution is 2.40. The van der Waals surface area contributed by atoms with E-state index in [-0.39, 0.29) is 29.4 Å². The molecule has 5 aromatic rings. The Hall–Kier alpha value is -4.47. The molecule has 7 rings (SSSR count). The van der Waals surface area contributed by atoms with Crippen LogP contribution >= 0.6 is 0 Å². The van der Waals surface area contributed by atoms with Crippen LogP contribution in [0.4, 0.5) is 8.78 Å². The molecular formula is C28H23F2N7O. The maximum atomic E-state index is 15.0. The first-order chi connectivity index (χ1) is 18.6. The van der Waals surface area contributed by atoms with E-state index < -0.39 is 5.82 Å². The van der Waals surface area contributed by atoms with E-state index in [1.165, 1.54) is 18.5 Å². The second-order valence-electron chi connectivity index (χ2n) is 9.86. The van der Waals surface area contributed by atoms with Crippen molar-refractivity contribution in [3.05, 3.63) is 83.8 Å². The summed E-state index contributed by atoms with van der Waals surface area (Å²) < 4.78 is 31.6. The zero-order valence-electron chi connectivity index (χ0n) is 20.3. The Morgan fingerprint density at radius 3 is 2.63 bits per heavy atom. The van der Waals surface area contributed by atoms with Gasteiger partial charge in [0, 0.05) is 18.6 Å². The highest BCUT2D eigenvalue weighted by molar-refractivity contribution is 5.98. The first-order valence-electron chi connectivity index (χ1n) is 12.7. The van der Waals surface area contributed by atoms with E-state index in [4.69, 9.17) is 4.98 Å². The number of halogens is 2. The number of aromatic nitrogens is 6. The predicted molar refractivity (Wildman–Crippen MR) is 136 cm³/mol. The van der Waals surface area contributed by atoms with Crippen molar-refractivity contribution in [1.82, 2.24) is 34.6 Å². The van der Waals surface area contributed by atoms with Crippen molar-refractivity contribution in [2.45, 2.75) is 44.3 Å². The standard InChI is InChI=1S/C28H23F2N7O/c29-20-9-2-1-8-19(20)27-34-23-13-31-22(26-32-15-33-35-26)12-24(23)37(27)18-7-4-6-17(11-18)36-14-16-5-3-10-21(30)25(16)28(36)38/h1-3,5,8-10,12-13,15,17-18H,4,6-7,11,14H2,(H,32,33,35)/t17-,18+/m0/s1. The maximum Gasteiger partial charge on any atom is 0.257 e. The van der Waals surface area contributed by atoms with Gasteiger partial charge in [-0.25, -0.2) is 18.7 Å². The van der Waals surface area contributed by atoms with E-state index in [0.717, 1.165) is 30.3 Å². The number of carbonyl (C=O) groups is 1. The van der Waals surface area contributed by atoms with Crippen LogP contribution in [0.3, 0.4) is 0 Å². The first kappa shape index (κ1) is 22.7. The Kier molecular flexibility index (Phi) is 5.27. The van der Waals surface area contributed by atoms with Gasteiger partial charge in [0.15, 0.2) is 5.82 Å². The minimum Gasteiger partial charge on any atom is -0.331 e. The minimum atomic E-state index is -0.475. The van der Waals surface area contributed by atoms with Crippen LogP contribution in [0.2, 0.25) is 0 Å². The van der Waals surface area contributed by atoms with Crippen molar-refractivity contribution < 1.29 is 13.6 Å². The molecule has 3 aromatic heterocycles. The smallest absolute Gasteiger partial charge is 0.257 e. The molecule has 2 atom stereocenters. The lowest BCUT2D eigenvalue weighted by Gasteiger charge is -2.36. The SMILES string of the molecule is O=C1c2c(F)cccc2CN1[C@H]1CCC[C@@H](n2c(-c3ccccc3F)nc3cnc(-c4ncn[nH]4)cc32)C1. The molecule has 1 fully saturated rings. The van der Waals surface area contributed by atoms with Crippen molar-refractivity contribution in [2.75, 3.05) is 0 Å². The molecule has 38 heavy (non-hydrogen) atoms. The van der Waals surface area contributed by atoms with E-state index >= 15 is 4.39 Å². The molecule has 10 heteroatoms. The second-order valence-corrected chi connectivity index (χ2v) is 9.86. The van der Waals surface area contributed by atoms with Gasteiger partial charge in [0.05, 0.1) is 22.8 Å². The van der Waals surface area contributed by atoms with Crippen LogP contribution in [0.1, 0.15) is 47.6 Å². The lowest BCUT2D eigenvalue weighted by Crippen LogP contribution is -2.39. The third-order valence-corrected chi connectivity index (χ3v) is 7.69. The van der Waals surface area contributed by atoms with Crippen molar-refractivity contribution in [1.29, 1.82) is 0 Å². The maximum absolute atomic E-state index is 15.0. The number of hydrogen-bond donors (Lipinski definition) is 1. The quantitative estimate of drug-likeness (QED) is 0.353. The van der Waals surface area contributed by atoms with Crippen LogP contribution < -0.4 is 0 Å². The van der Waals surface area contributed by atoms with Crippen LogP contribution in [0, 0.1) is 11.6 Å². The Bertz CT molecular complexity index is 1680. The monoisotopic (exact) mass is 511 g/mol. The number of nitrogens with one attached hydrogen (secondary N) is 1. The van der Waals surface area contributed by atoms with Crippen LogP contribution in [-0.2, 0) is 6.54 Å². The molecular weight excluding hydrogens is 488 g/mol. The van der Waals surface area contributed by atoms with Gasteiger partial charge in [-0.15, -0.1) is 0 Å². The molecule has 4 heterocycles. The lowest BCUT2D eigenvalue weighted by atomic mass is 9.89. The van der Waals surface area contributed by atoms with Gasteiger partial charge in [0.1, 0.15) is 35.0 Å². The number of nitrogens with zero attached hydrogens (tertiary/aromatic N) is 6. The number of rotatable bonds is 4. The van der Waals surface area contributed by atoms with E-state index in [1.54, 1.807) is 35.4 Å². The van der Waals surface area contributed by atoms with Gasteiger partial charge >= 0.3 is 0 Å². The molecule has 0 saturated heterocycles. The summed E-state index contributed by atoms with van der Waals surface area (Å²) in [5.41, 5.74) is 3.35.